The maximum atomic E-state index is 12.8. The van der Waals surface area contributed by atoms with Crippen molar-refractivity contribution in [1.82, 2.24) is 14.5 Å². The number of carbonyl (C=O) groups is 1. The number of rotatable bonds is 2. The number of aromatic nitrogens is 2. The van der Waals surface area contributed by atoms with Crippen molar-refractivity contribution in [3.05, 3.63) is 59.9 Å². The van der Waals surface area contributed by atoms with Gasteiger partial charge in [-0.25, -0.2) is 4.98 Å². The van der Waals surface area contributed by atoms with Crippen molar-refractivity contribution in [2.24, 2.45) is 5.73 Å². The number of benzene rings is 2. The van der Waals surface area contributed by atoms with Gasteiger partial charge in [0, 0.05) is 30.4 Å². The van der Waals surface area contributed by atoms with Gasteiger partial charge in [-0.05, 0) is 50.1 Å². The molecule has 1 aliphatic rings. The van der Waals surface area contributed by atoms with Crippen molar-refractivity contribution in [2.75, 3.05) is 13.1 Å². The highest BCUT2D eigenvalue weighted by atomic mass is 16.2. The molecule has 0 radical (unpaired) electrons. The second-order valence-electron chi connectivity index (χ2n) is 6.66. The number of likely N-dealkylation sites (tertiary alicyclic amines) is 1. The second kappa shape index (κ2) is 6.33. The Morgan fingerprint density at radius 2 is 1.84 bits per heavy atom. The Morgan fingerprint density at radius 1 is 1.12 bits per heavy atom. The number of piperidine rings is 1. The Bertz CT molecular complexity index is 908. The van der Waals surface area contributed by atoms with Crippen LogP contribution in [0.15, 0.2) is 48.5 Å². The lowest BCUT2D eigenvalue weighted by Gasteiger charge is -2.30. The molecule has 0 bridgehead atoms. The first-order valence-electron chi connectivity index (χ1n) is 8.73. The molecule has 128 valence electrons. The van der Waals surface area contributed by atoms with E-state index >= 15 is 0 Å². The molecule has 1 amide bonds. The molecule has 1 aromatic heterocycles. The minimum atomic E-state index is 0.0701. The number of amides is 1. The molecule has 5 nitrogen and oxygen atoms in total. The molecule has 3 aromatic rings. The molecule has 2 aromatic carbocycles. The molecular weight excluding hydrogens is 312 g/mol. The van der Waals surface area contributed by atoms with Crippen molar-refractivity contribution < 1.29 is 4.79 Å². The van der Waals surface area contributed by atoms with Crippen LogP contribution in [0.5, 0.6) is 0 Å². The number of aryl methyl sites for hydroxylation is 1. The average Bonchev–Trinajstić information content (AvgIpc) is 2.97. The third kappa shape index (κ3) is 2.91. The zero-order chi connectivity index (χ0) is 17.4. The van der Waals surface area contributed by atoms with E-state index < -0.39 is 0 Å². The van der Waals surface area contributed by atoms with Crippen LogP contribution in [0.25, 0.3) is 16.7 Å². The van der Waals surface area contributed by atoms with Crippen molar-refractivity contribution >= 4 is 16.9 Å². The fraction of sp³-hybridized carbons (Fsp3) is 0.300. The molecule has 0 atom stereocenters. The van der Waals surface area contributed by atoms with E-state index in [1.807, 2.05) is 48.2 Å². The van der Waals surface area contributed by atoms with E-state index in [2.05, 4.69) is 21.7 Å². The lowest BCUT2D eigenvalue weighted by Crippen LogP contribution is -2.42. The molecule has 0 unspecified atom stereocenters. The van der Waals surface area contributed by atoms with Gasteiger partial charge in [0.15, 0.2) is 0 Å². The van der Waals surface area contributed by atoms with Gasteiger partial charge in [-0.3, -0.25) is 9.36 Å². The minimum Gasteiger partial charge on any atom is -0.339 e. The summed E-state index contributed by atoms with van der Waals surface area (Å²) in [5.74, 6) is 0.982. The van der Waals surface area contributed by atoms with Crippen LogP contribution in [-0.2, 0) is 0 Å². The zero-order valence-corrected chi connectivity index (χ0v) is 14.4. The maximum Gasteiger partial charge on any atom is 0.253 e. The molecule has 0 saturated carbocycles. The van der Waals surface area contributed by atoms with Crippen molar-refractivity contribution in [1.29, 1.82) is 0 Å². The fourth-order valence-corrected chi connectivity index (χ4v) is 3.52. The Kier molecular flexibility index (Phi) is 4.01. The number of nitrogens with zero attached hydrogens (tertiary/aromatic N) is 3. The highest BCUT2D eigenvalue weighted by molar-refractivity contribution is 5.97. The molecule has 2 N–H and O–H groups in total. The van der Waals surface area contributed by atoms with Gasteiger partial charge in [-0.2, -0.15) is 0 Å². The number of imidazole rings is 1. The standard InChI is InChI=1S/C20H22N4O/c1-14-22-18-13-15(20(25)23-11-9-16(21)10-12-23)7-8-19(18)24(14)17-5-3-2-4-6-17/h2-8,13,16H,9-12,21H2,1H3. The summed E-state index contributed by atoms with van der Waals surface area (Å²) in [6.45, 7) is 3.45. The summed E-state index contributed by atoms with van der Waals surface area (Å²) in [6.07, 6.45) is 1.74. The smallest absolute Gasteiger partial charge is 0.253 e. The van der Waals surface area contributed by atoms with Gasteiger partial charge in [-0.1, -0.05) is 18.2 Å². The largest absolute Gasteiger partial charge is 0.339 e. The average molecular weight is 334 g/mol. The summed E-state index contributed by atoms with van der Waals surface area (Å²) in [5.41, 5.74) is 9.57. The van der Waals surface area contributed by atoms with E-state index in [4.69, 9.17) is 5.73 Å². The molecule has 1 saturated heterocycles. The first-order chi connectivity index (χ1) is 12.1. The molecular formula is C20H22N4O. The summed E-state index contributed by atoms with van der Waals surface area (Å²) in [6, 6.07) is 16.2. The van der Waals surface area contributed by atoms with Crippen LogP contribution in [0.1, 0.15) is 29.0 Å². The van der Waals surface area contributed by atoms with Crippen LogP contribution in [0.3, 0.4) is 0 Å². The molecule has 2 heterocycles. The lowest BCUT2D eigenvalue weighted by molar-refractivity contribution is 0.0715. The van der Waals surface area contributed by atoms with Crippen LogP contribution in [0.4, 0.5) is 0 Å². The summed E-state index contributed by atoms with van der Waals surface area (Å²) < 4.78 is 2.11. The predicted molar refractivity (Wildman–Crippen MR) is 98.9 cm³/mol. The van der Waals surface area contributed by atoms with Crippen molar-refractivity contribution in [2.45, 2.75) is 25.8 Å². The normalized spacial score (nSPS) is 15.7. The third-order valence-corrected chi connectivity index (χ3v) is 4.91. The number of para-hydroxylation sites is 1. The van der Waals surface area contributed by atoms with E-state index in [-0.39, 0.29) is 11.9 Å². The van der Waals surface area contributed by atoms with Gasteiger partial charge in [0.1, 0.15) is 5.82 Å². The Morgan fingerprint density at radius 3 is 2.56 bits per heavy atom. The van der Waals surface area contributed by atoms with Gasteiger partial charge in [-0.15, -0.1) is 0 Å². The quantitative estimate of drug-likeness (QED) is 0.784. The lowest BCUT2D eigenvalue weighted by atomic mass is 10.0. The van der Waals surface area contributed by atoms with E-state index in [9.17, 15) is 4.79 Å². The summed E-state index contributed by atoms with van der Waals surface area (Å²) >= 11 is 0. The molecule has 1 aliphatic heterocycles. The van der Waals surface area contributed by atoms with Gasteiger partial charge in [0.2, 0.25) is 0 Å². The number of carbonyl (C=O) groups excluding carboxylic acids is 1. The van der Waals surface area contributed by atoms with E-state index in [0.717, 1.165) is 48.5 Å². The van der Waals surface area contributed by atoms with Crippen molar-refractivity contribution in [3.8, 4) is 5.69 Å². The minimum absolute atomic E-state index is 0.0701. The number of hydrogen-bond donors (Lipinski definition) is 1. The summed E-state index contributed by atoms with van der Waals surface area (Å²) in [7, 11) is 0. The first-order valence-corrected chi connectivity index (χ1v) is 8.73. The number of nitrogens with two attached hydrogens (primary N) is 1. The third-order valence-electron chi connectivity index (χ3n) is 4.91. The predicted octanol–water partition coefficient (Wildman–Crippen LogP) is 2.90. The zero-order valence-electron chi connectivity index (χ0n) is 14.4. The Balaban J connectivity index is 1.69. The highest BCUT2D eigenvalue weighted by Crippen LogP contribution is 2.23. The SMILES string of the molecule is Cc1nc2cc(C(=O)N3CCC(N)CC3)ccc2n1-c1ccccc1. The monoisotopic (exact) mass is 334 g/mol. The molecule has 4 rings (SSSR count). The first kappa shape index (κ1) is 15.8. The second-order valence-corrected chi connectivity index (χ2v) is 6.66. The number of fused-ring (bicyclic) bond motifs is 1. The van der Waals surface area contributed by atoms with Crippen LogP contribution in [-0.4, -0.2) is 39.5 Å². The van der Waals surface area contributed by atoms with Gasteiger partial charge < -0.3 is 10.6 Å². The maximum absolute atomic E-state index is 12.8. The van der Waals surface area contributed by atoms with E-state index in [1.165, 1.54) is 0 Å². The molecule has 5 heteroatoms. The van der Waals surface area contributed by atoms with Crippen LogP contribution in [0.2, 0.25) is 0 Å². The summed E-state index contributed by atoms with van der Waals surface area (Å²) in [5, 5.41) is 0. The Hall–Kier alpha value is -2.66. The van der Waals surface area contributed by atoms with Crippen molar-refractivity contribution in [3.63, 3.8) is 0 Å². The van der Waals surface area contributed by atoms with Crippen LogP contribution < -0.4 is 5.73 Å². The van der Waals surface area contributed by atoms with Crippen LogP contribution in [0, 0.1) is 6.92 Å². The number of hydrogen-bond acceptors (Lipinski definition) is 3. The fourth-order valence-electron chi connectivity index (χ4n) is 3.52. The topological polar surface area (TPSA) is 64.2 Å². The Labute approximate surface area is 147 Å². The van der Waals surface area contributed by atoms with Crippen LogP contribution >= 0.6 is 0 Å². The molecule has 25 heavy (non-hydrogen) atoms. The summed E-state index contributed by atoms with van der Waals surface area (Å²) in [4.78, 5) is 19.3. The van der Waals surface area contributed by atoms with Gasteiger partial charge in [0.05, 0.1) is 11.0 Å². The molecule has 0 aliphatic carbocycles. The molecule has 0 spiro atoms. The van der Waals surface area contributed by atoms with Gasteiger partial charge >= 0.3 is 0 Å². The highest BCUT2D eigenvalue weighted by Gasteiger charge is 2.22. The van der Waals surface area contributed by atoms with E-state index in [0.29, 0.717) is 5.56 Å². The molecule has 1 fully saturated rings. The van der Waals surface area contributed by atoms with Gasteiger partial charge in [0.25, 0.3) is 5.91 Å². The van der Waals surface area contributed by atoms with E-state index in [1.54, 1.807) is 0 Å².